The molecular formula is C74H84N6O12. The molecule has 0 aliphatic carbocycles. The van der Waals surface area contributed by atoms with Crippen LogP contribution >= 0.6 is 0 Å². The Hall–Kier alpha value is -8.62. The lowest BCUT2D eigenvalue weighted by Crippen LogP contribution is -2.14. The van der Waals surface area contributed by atoms with Crippen LogP contribution in [0, 0.1) is 13.8 Å². The number of amides is 2. The number of anilines is 2. The molecule has 4 aromatic carbocycles. The Labute approximate surface area is 538 Å². The Bertz CT molecular complexity index is 3960. The van der Waals surface area contributed by atoms with Crippen LogP contribution in [0.5, 0.6) is 23.0 Å². The molecule has 3 aromatic heterocycles. The molecule has 11 rings (SSSR count). The van der Waals surface area contributed by atoms with Crippen LogP contribution in [-0.2, 0) is 41.3 Å². The predicted molar refractivity (Wildman–Crippen MR) is 361 cm³/mol. The van der Waals surface area contributed by atoms with Crippen LogP contribution in [0.1, 0.15) is 120 Å². The average molecular weight is 1250 g/mol. The van der Waals surface area contributed by atoms with Crippen molar-refractivity contribution in [3.05, 3.63) is 153 Å². The van der Waals surface area contributed by atoms with Crippen LogP contribution in [0.25, 0.3) is 66.6 Å². The molecule has 0 fully saturated rings. The first-order chi connectivity index (χ1) is 45.0. The van der Waals surface area contributed by atoms with Crippen LogP contribution in [0.15, 0.2) is 97.1 Å². The second-order valence-electron chi connectivity index (χ2n) is 22.8. The predicted octanol–water partition coefficient (Wildman–Crippen LogP) is 14.2. The number of rotatable bonds is 10. The molecule has 482 valence electrons. The maximum absolute atomic E-state index is 14.8. The number of aromatic nitrogens is 4. The summed E-state index contributed by atoms with van der Waals surface area (Å²) in [4.78, 5) is 48.8. The van der Waals surface area contributed by atoms with E-state index < -0.39 is 0 Å². The van der Waals surface area contributed by atoms with E-state index in [0.29, 0.717) is 151 Å². The maximum atomic E-state index is 14.8. The van der Waals surface area contributed by atoms with Gasteiger partial charge in [0.15, 0.2) is 23.0 Å². The number of benzene rings is 4. The monoisotopic (exact) mass is 1250 g/mol. The molecule has 0 saturated heterocycles. The SMILES string of the molecule is CCC1=C(C)c2nc1cc1[nH]c(c(C)c1CC)c(-c1ccccc1NC(=O)c1ccc3c(c1)OCCOCCOCCOCCO3)c1[nH]c(cc3nc(c2-c2ccccc2NC(=O)c2ccc4c(c2)OCCOCCOCCOCCO4)C(C)=C3CC)c(CC)c1C. The zero-order valence-electron chi connectivity index (χ0n) is 54.2. The molecule has 0 atom stereocenters. The van der Waals surface area contributed by atoms with Gasteiger partial charge in [0.05, 0.1) is 113 Å². The number of ether oxygens (including phenoxy) is 10. The van der Waals surface area contributed by atoms with Gasteiger partial charge in [-0.15, -0.1) is 0 Å². The summed E-state index contributed by atoms with van der Waals surface area (Å²) in [6, 6.07) is 30.7. The molecule has 7 aromatic rings. The molecule has 4 aliphatic heterocycles. The number of nitrogens with zero attached hydrogens (tertiary/aromatic N) is 2. The number of carbonyl (C=O) groups is 2. The molecule has 18 nitrogen and oxygen atoms in total. The highest BCUT2D eigenvalue weighted by Crippen LogP contribution is 2.47. The zero-order chi connectivity index (χ0) is 64.1. The van der Waals surface area contributed by atoms with E-state index >= 15 is 0 Å². The summed E-state index contributed by atoms with van der Waals surface area (Å²) in [5.74, 6) is 1.18. The molecular weight excluding hydrogens is 1160 g/mol. The highest BCUT2D eigenvalue weighted by Gasteiger charge is 2.29. The minimum Gasteiger partial charge on any atom is -0.487 e. The van der Waals surface area contributed by atoms with E-state index in [-0.39, 0.29) is 25.0 Å². The standard InChI is InChI=1S/C74H84N6O12/c1-9-51-45(5)69-67(55-17-13-15-19-57(55)79-73(81)49-21-23-63-65(41-49)91-39-35-87-31-27-83-25-29-85-33-37-89-63)70-47(7)53(11-3)61(77-70)44-62-54(12-4)48(8)72(78-62)68(71-46(6)52(10-2)60(76-71)43-59(51)75-69)56-18-14-16-20-58(56)80-74(82)50-22-24-64-66(42-50)92-40-36-88-32-28-84-26-30-86-34-38-90-64/h13-24,41-44,75,77H,9-12,25-40H2,1-8H3,(H,79,81)(H,80,82). The van der Waals surface area contributed by atoms with Crippen molar-refractivity contribution in [3.63, 3.8) is 0 Å². The Morgan fingerprint density at radius 2 is 0.761 bits per heavy atom. The van der Waals surface area contributed by atoms with E-state index in [1.807, 2.05) is 42.5 Å². The Morgan fingerprint density at radius 1 is 0.413 bits per heavy atom. The summed E-state index contributed by atoms with van der Waals surface area (Å²) >= 11 is 0. The first-order valence-corrected chi connectivity index (χ1v) is 32.3. The van der Waals surface area contributed by atoms with Gasteiger partial charge in [-0.05, 0) is 159 Å². The molecule has 0 unspecified atom stereocenters. The van der Waals surface area contributed by atoms with Crippen LogP contribution in [-0.4, -0.2) is 137 Å². The molecule has 0 spiro atoms. The molecule has 18 heteroatoms. The van der Waals surface area contributed by atoms with Gasteiger partial charge in [0, 0.05) is 55.8 Å². The number of para-hydroxylation sites is 2. The number of aryl methyl sites for hydroxylation is 4. The number of carbonyl (C=O) groups excluding carboxylic acids is 2. The van der Waals surface area contributed by atoms with Gasteiger partial charge in [-0.2, -0.15) is 0 Å². The summed E-state index contributed by atoms with van der Waals surface area (Å²) in [5, 5.41) is 6.63. The molecule has 8 bridgehead atoms. The van der Waals surface area contributed by atoms with Gasteiger partial charge in [0.2, 0.25) is 0 Å². The van der Waals surface area contributed by atoms with E-state index in [1.54, 1.807) is 36.4 Å². The van der Waals surface area contributed by atoms with Crippen LogP contribution < -0.4 is 29.6 Å². The van der Waals surface area contributed by atoms with Gasteiger partial charge in [-0.25, -0.2) is 9.97 Å². The quantitative estimate of drug-likeness (QED) is 0.100. The summed E-state index contributed by atoms with van der Waals surface area (Å²) < 4.78 is 58.7. The third-order valence-electron chi connectivity index (χ3n) is 17.2. The highest BCUT2D eigenvalue weighted by atomic mass is 16.6. The minimum absolute atomic E-state index is 0.247. The van der Waals surface area contributed by atoms with Crippen molar-refractivity contribution >= 4 is 67.5 Å². The van der Waals surface area contributed by atoms with Crippen LogP contribution in [0.4, 0.5) is 11.4 Å². The number of fused-ring (bicyclic) bond motifs is 10. The Balaban J connectivity index is 1.05. The van der Waals surface area contributed by atoms with Gasteiger partial charge in [-0.1, -0.05) is 64.1 Å². The molecule has 0 radical (unpaired) electrons. The minimum atomic E-state index is -0.333. The molecule has 92 heavy (non-hydrogen) atoms. The molecule has 4 N–H and O–H groups in total. The average Bonchev–Trinajstić information content (AvgIpc) is 1.59. The number of hydrogen-bond acceptors (Lipinski definition) is 14. The number of nitrogens with one attached hydrogen (secondary N) is 4. The van der Waals surface area contributed by atoms with E-state index in [1.165, 1.54) is 0 Å². The van der Waals surface area contributed by atoms with Crippen molar-refractivity contribution in [1.82, 2.24) is 19.9 Å². The normalized spacial score (nSPS) is 15.8. The number of H-pyrrole nitrogens is 2. The van der Waals surface area contributed by atoms with Gasteiger partial charge in [0.1, 0.15) is 26.4 Å². The van der Waals surface area contributed by atoms with E-state index in [2.05, 4.69) is 94.2 Å². The summed E-state index contributed by atoms with van der Waals surface area (Å²) in [5.41, 5.74) is 20.8. The van der Waals surface area contributed by atoms with Crippen molar-refractivity contribution < 1.29 is 57.0 Å². The van der Waals surface area contributed by atoms with E-state index in [9.17, 15) is 9.59 Å². The van der Waals surface area contributed by atoms with Crippen molar-refractivity contribution in [1.29, 1.82) is 0 Å². The molecule has 0 saturated carbocycles. The Kier molecular flexibility index (Phi) is 21.6. The fraction of sp³-hybridized carbons (Fsp3) is 0.378. The van der Waals surface area contributed by atoms with E-state index in [0.717, 1.165) is 124 Å². The van der Waals surface area contributed by atoms with Crippen molar-refractivity contribution in [2.24, 2.45) is 0 Å². The van der Waals surface area contributed by atoms with Gasteiger partial charge in [-0.3, -0.25) is 9.59 Å². The molecule has 4 aliphatic rings. The third-order valence-corrected chi connectivity index (χ3v) is 17.2. The fourth-order valence-corrected chi connectivity index (χ4v) is 12.5. The lowest BCUT2D eigenvalue weighted by molar-refractivity contribution is 0.00708. The first kappa shape index (κ1) is 64.9. The summed E-state index contributed by atoms with van der Waals surface area (Å²) in [6.45, 7) is 23.4. The first-order valence-electron chi connectivity index (χ1n) is 32.3. The molecule has 2 amide bonds. The van der Waals surface area contributed by atoms with Crippen LogP contribution in [0.2, 0.25) is 0 Å². The molecule has 7 heterocycles. The summed E-state index contributed by atoms with van der Waals surface area (Å²) in [6.07, 6.45) is 2.85. The van der Waals surface area contributed by atoms with Crippen molar-refractivity contribution in [3.8, 4) is 45.3 Å². The highest BCUT2D eigenvalue weighted by molar-refractivity contribution is 6.11. The lowest BCUT2D eigenvalue weighted by atomic mass is 9.92. The van der Waals surface area contributed by atoms with Gasteiger partial charge in [0.25, 0.3) is 11.8 Å². The third kappa shape index (κ3) is 14.4. The largest absolute Gasteiger partial charge is 0.487 e. The second-order valence-corrected chi connectivity index (χ2v) is 22.8. The lowest BCUT2D eigenvalue weighted by Gasteiger charge is -2.16. The van der Waals surface area contributed by atoms with E-state index in [4.69, 9.17) is 57.3 Å². The van der Waals surface area contributed by atoms with Crippen molar-refractivity contribution in [2.45, 2.75) is 81.1 Å². The fourth-order valence-electron chi connectivity index (χ4n) is 12.5. The van der Waals surface area contributed by atoms with Crippen molar-refractivity contribution in [2.75, 3.05) is 116 Å². The van der Waals surface area contributed by atoms with Gasteiger partial charge < -0.3 is 68.0 Å². The maximum Gasteiger partial charge on any atom is 0.255 e. The second kappa shape index (κ2) is 30.7. The number of aromatic amines is 2. The van der Waals surface area contributed by atoms with Crippen LogP contribution in [0.3, 0.4) is 0 Å². The van der Waals surface area contributed by atoms with Gasteiger partial charge >= 0.3 is 0 Å². The number of hydrogen-bond donors (Lipinski definition) is 4. The smallest absolute Gasteiger partial charge is 0.255 e. The zero-order valence-corrected chi connectivity index (χ0v) is 54.2. The summed E-state index contributed by atoms with van der Waals surface area (Å²) in [7, 11) is 0. The topological polar surface area (TPSA) is 208 Å². The Morgan fingerprint density at radius 3 is 1.13 bits per heavy atom. The number of allylic oxidation sites excluding steroid dienone is 4.